The van der Waals surface area contributed by atoms with E-state index in [1.54, 1.807) is 48.5 Å². The molecule has 2 atom stereocenters. The summed E-state index contributed by atoms with van der Waals surface area (Å²) in [6, 6.07) is 18.1. The van der Waals surface area contributed by atoms with Gasteiger partial charge in [0.05, 0.1) is 24.5 Å². The van der Waals surface area contributed by atoms with Crippen molar-refractivity contribution in [3.8, 4) is 0 Å². The first-order chi connectivity index (χ1) is 27.2. The van der Waals surface area contributed by atoms with Crippen molar-refractivity contribution in [1.29, 1.82) is 0 Å². The number of benzene rings is 2. The maximum absolute atomic E-state index is 13.6. The Morgan fingerprint density at radius 1 is 0.702 bits per heavy atom. The molecule has 284 valence electrons. The van der Waals surface area contributed by atoms with Gasteiger partial charge in [-0.3, -0.25) is 19.4 Å². The number of hydrazine groups is 2. The average molecular weight is 842 g/mol. The van der Waals surface area contributed by atoms with Crippen molar-refractivity contribution in [2.75, 3.05) is 22.9 Å². The second-order valence-corrected chi connectivity index (χ2v) is 14.8. The van der Waals surface area contributed by atoms with Gasteiger partial charge in [-0.05, 0) is 41.8 Å². The van der Waals surface area contributed by atoms with E-state index < -0.39 is 34.9 Å². The van der Waals surface area contributed by atoms with Gasteiger partial charge in [-0.2, -0.15) is 0 Å². The molecule has 1 N–H and O–H groups in total. The van der Waals surface area contributed by atoms with Gasteiger partial charge in [-0.1, -0.05) is 94.9 Å². The molecule has 6 heterocycles. The van der Waals surface area contributed by atoms with Gasteiger partial charge in [-0.15, -0.1) is 0 Å². The molecule has 0 spiro atoms. The van der Waals surface area contributed by atoms with Gasteiger partial charge in [0.25, 0.3) is 11.8 Å². The van der Waals surface area contributed by atoms with Crippen LogP contribution in [0.15, 0.2) is 72.8 Å². The minimum absolute atomic E-state index is 0.0145. The summed E-state index contributed by atoms with van der Waals surface area (Å²) in [4.78, 5) is 81.5. The van der Waals surface area contributed by atoms with E-state index in [2.05, 4.69) is 25.1 Å². The first-order valence-electron chi connectivity index (χ1n) is 17.0. The number of rotatable bonds is 6. The summed E-state index contributed by atoms with van der Waals surface area (Å²) in [5.74, 6) is -1.71. The molecule has 57 heavy (non-hydrogen) atoms. The Balaban J connectivity index is 0.000000175. The molecule has 4 aliphatic heterocycles. The molecule has 4 saturated heterocycles. The van der Waals surface area contributed by atoms with Crippen LogP contribution >= 0.6 is 46.4 Å². The number of carbonyl (C=O) groups excluding carboxylic acids is 5. The minimum Gasteiger partial charge on any atom is -0.287 e. The lowest BCUT2D eigenvalue weighted by atomic mass is 9.88. The van der Waals surface area contributed by atoms with Crippen LogP contribution in [0.5, 0.6) is 0 Å². The molecule has 20 heteroatoms. The molecule has 4 aromatic rings. The summed E-state index contributed by atoms with van der Waals surface area (Å²) >= 11 is 23.8. The minimum atomic E-state index is -1.34. The number of urea groups is 2. The first-order valence-corrected chi connectivity index (χ1v) is 18.5. The van der Waals surface area contributed by atoms with Crippen LogP contribution < -0.4 is 15.2 Å². The Morgan fingerprint density at radius 2 is 1.14 bits per heavy atom. The zero-order valence-electron chi connectivity index (χ0n) is 29.3. The Labute approximate surface area is 346 Å². The van der Waals surface area contributed by atoms with E-state index in [1.807, 2.05) is 0 Å². The standard InChI is InChI=1S/C19H12BCl2N5O3.C18H13Cl2N5O2/c1-23-12-4-2-11(3-5-12)10-19-6-7-25(17(20)29)27(19)18(30)26(16(19)28)13-8-14(21)24-15(22)9-13;1-21-12-4-2-11(3-5-12)10-18-6-7-22-25(18)17(27)24(16(18)26)13-8-14(19)23-15(20)9-13/h2-5,8-9H,6-7,10H2;2-5,8-9,22H,6-7,10H2. The SMILES string of the molecule is [B]C(=O)N1CCC2(Cc3ccc([N+]#[C-])cc3)C(=O)N(c3cc(Cl)nc(Cl)c3)C(=O)N12.[C-]#[N+]c1ccc(CC23CCNN2C(=O)N(c2cc(Cl)nc(Cl)c2)C3=O)cc1. The lowest BCUT2D eigenvalue weighted by Gasteiger charge is -2.32. The third kappa shape index (κ3) is 7.00. The third-order valence-corrected chi connectivity index (χ3v) is 10.7. The highest BCUT2D eigenvalue weighted by molar-refractivity contribution is 6.57. The maximum Gasteiger partial charge on any atom is 0.351 e. The van der Waals surface area contributed by atoms with E-state index in [4.69, 9.17) is 67.4 Å². The molecule has 2 aromatic carbocycles. The van der Waals surface area contributed by atoms with E-state index in [1.165, 1.54) is 29.3 Å². The number of pyridine rings is 2. The number of halogens is 4. The van der Waals surface area contributed by atoms with Gasteiger partial charge < -0.3 is 0 Å². The zero-order chi connectivity index (χ0) is 40.8. The number of hydrogen-bond donors (Lipinski definition) is 1. The first kappa shape index (κ1) is 39.5. The van der Waals surface area contributed by atoms with E-state index in [0.29, 0.717) is 30.8 Å². The van der Waals surface area contributed by atoms with Gasteiger partial charge in [0.1, 0.15) is 26.2 Å². The summed E-state index contributed by atoms with van der Waals surface area (Å²) in [6.07, 6.45) is 1.16. The van der Waals surface area contributed by atoms with Crippen molar-refractivity contribution in [2.24, 2.45) is 0 Å². The number of imide groups is 2. The molecular weight excluding hydrogens is 817 g/mol. The predicted molar refractivity (Wildman–Crippen MR) is 211 cm³/mol. The van der Waals surface area contributed by atoms with Gasteiger partial charge >= 0.3 is 12.1 Å². The number of aromatic nitrogens is 2. The maximum atomic E-state index is 13.6. The second kappa shape index (κ2) is 15.3. The molecule has 0 aliphatic carbocycles. The van der Waals surface area contributed by atoms with Gasteiger partial charge in [-0.25, -0.2) is 54.5 Å². The number of hydrogen-bond acceptors (Lipinski definition) is 8. The summed E-state index contributed by atoms with van der Waals surface area (Å²) in [5, 5.41) is 3.80. The number of amides is 7. The number of carbonyl (C=O) groups is 5. The smallest absolute Gasteiger partial charge is 0.287 e. The molecule has 15 nitrogen and oxygen atoms in total. The van der Waals surface area contributed by atoms with Crippen LogP contribution in [0.1, 0.15) is 24.0 Å². The van der Waals surface area contributed by atoms with Crippen molar-refractivity contribution in [3.05, 3.63) is 127 Å². The van der Waals surface area contributed by atoms with Crippen molar-refractivity contribution >= 4 is 107 Å². The normalized spacial score (nSPS) is 21.0. The van der Waals surface area contributed by atoms with Crippen LogP contribution in [0.2, 0.25) is 20.6 Å². The molecule has 4 aliphatic rings. The molecule has 2 aromatic heterocycles. The Morgan fingerprint density at radius 3 is 1.60 bits per heavy atom. The van der Waals surface area contributed by atoms with E-state index in [9.17, 15) is 24.0 Å². The van der Waals surface area contributed by atoms with Crippen LogP contribution in [0.25, 0.3) is 9.69 Å². The van der Waals surface area contributed by atoms with E-state index in [-0.39, 0.29) is 57.3 Å². The Hall–Kier alpha value is -5.75. The van der Waals surface area contributed by atoms with Gasteiger partial charge in [0, 0.05) is 32.4 Å². The van der Waals surface area contributed by atoms with Crippen LogP contribution in [-0.2, 0) is 22.4 Å². The van der Waals surface area contributed by atoms with Crippen LogP contribution in [0.4, 0.5) is 37.1 Å². The average Bonchev–Trinajstić information content (AvgIpc) is 3.87. The van der Waals surface area contributed by atoms with Crippen molar-refractivity contribution in [1.82, 2.24) is 30.4 Å². The second-order valence-electron chi connectivity index (χ2n) is 13.3. The summed E-state index contributed by atoms with van der Waals surface area (Å²) in [5.41, 5.74) is 3.64. The molecule has 2 unspecified atom stereocenters. The highest BCUT2D eigenvalue weighted by Crippen LogP contribution is 2.44. The molecule has 2 radical (unpaired) electrons. The summed E-state index contributed by atoms with van der Waals surface area (Å²) < 4.78 is 0. The lowest BCUT2D eigenvalue weighted by molar-refractivity contribution is -0.126. The van der Waals surface area contributed by atoms with Crippen molar-refractivity contribution in [3.63, 3.8) is 0 Å². The fourth-order valence-corrected chi connectivity index (χ4v) is 8.35. The summed E-state index contributed by atoms with van der Waals surface area (Å²) in [6.45, 7) is 14.8. The van der Waals surface area contributed by atoms with Crippen LogP contribution in [-0.4, -0.2) is 86.7 Å². The molecule has 0 bridgehead atoms. The van der Waals surface area contributed by atoms with Gasteiger partial charge in [0.2, 0.25) is 7.85 Å². The third-order valence-electron chi connectivity index (χ3n) is 9.97. The quantitative estimate of drug-likeness (QED) is 0.0929. The van der Waals surface area contributed by atoms with Crippen LogP contribution in [0, 0.1) is 13.1 Å². The van der Waals surface area contributed by atoms with Gasteiger partial charge in [0.15, 0.2) is 22.7 Å². The fourth-order valence-electron chi connectivity index (χ4n) is 7.45. The van der Waals surface area contributed by atoms with Crippen molar-refractivity contribution in [2.45, 2.75) is 36.8 Å². The Kier molecular flexibility index (Phi) is 10.6. The molecule has 4 fully saturated rings. The number of fused-ring (bicyclic) bond motifs is 2. The molecular formula is C37H25BCl4N10O5. The number of anilines is 2. The van der Waals surface area contributed by atoms with E-state index >= 15 is 0 Å². The molecule has 7 amide bonds. The molecule has 0 saturated carbocycles. The van der Waals surface area contributed by atoms with E-state index in [0.717, 1.165) is 30.9 Å². The highest BCUT2D eigenvalue weighted by Gasteiger charge is 2.64. The number of nitrogens with zero attached hydrogens (tertiary/aromatic N) is 9. The highest BCUT2D eigenvalue weighted by atomic mass is 35.5. The monoisotopic (exact) mass is 840 g/mol. The summed E-state index contributed by atoms with van der Waals surface area (Å²) in [7, 11) is 5.46. The largest absolute Gasteiger partial charge is 0.351 e. The Bertz CT molecular complexity index is 2410. The fraction of sp³-hybridized carbons (Fsp3) is 0.216. The number of nitrogens with one attached hydrogen (secondary N) is 1. The zero-order valence-corrected chi connectivity index (χ0v) is 32.3. The predicted octanol–water partition coefficient (Wildman–Crippen LogP) is 7.20. The van der Waals surface area contributed by atoms with Crippen molar-refractivity contribution < 1.29 is 24.0 Å². The topological polar surface area (TPSA) is 148 Å². The molecule has 8 rings (SSSR count). The lowest BCUT2D eigenvalue weighted by Crippen LogP contribution is -2.52. The van der Waals surface area contributed by atoms with Crippen LogP contribution in [0.3, 0.4) is 0 Å².